The number of rotatable bonds is 24. The van der Waals surface area contributed by atoms with Gasteiger partial charge in [0.2, 0.25) is 0 Å². The number of alkyl halides is 3. The van der Waals surface area contributed by atoms with Crippen LogP contribution in [0.25, 0.3) is 11.4 Å². The maximum atomic E-state index is 13.4. The van der Waals surface area contributed by atoms with Crippen LogP contribution in [0.2, 0.25) is 0 Å². The first-order valence-electron chi connectivity index (χ1n) is 18.7. The molecule has 0 aliphatic heterocycles. The van der Waals surface area contributed by atoms with Gasteiger partial charge >= 0.3 is 18.1 Å². The van der Waals surface area contributed by atoms with Gasteiger partial charge in [-0.3, -0.25) is 0 Å². The van der Waals surface area contributed by atoms with Crippen LogP contribution >= 0.6 is 0 Å². The topological polar surface area (TPSA) is 78.4 Å². The van der Waals surface area contributed by atoms with Gasteiger partial charge in [0.05, 0.1) is 11.1 Å². The quantitative estimate of drug-likeness (QED) is 0.0527. The first-order chi connectivity index (χ1) is 24.2. The molecule has 0 spiro atoms. The summed E-state index contributed by atoms with van der Waals surface area (Å²) in [5.41, 5.74) is 2.11. The van der Waals surface area contributed by atoms with Crippen molar-refractivity contribution in [1.82, 2.24) is 9.97 Å². The zero-order valence-corrected chi connectivity index (χ0v) is 29.9. The molecule has 0 aliphatic rings. The molecule has 50 heavy (non-hydrogen) atoms. The maximum absolute atomic E-state index is 13.4. The smallest absolute Gasteiger partial charge is 0.425 e. The van der Waals surface area contributed by atoms with E-state index in [0.29, 0.717) is 24.2 Å². The molecule has 0 saturated heterocycles. The van der Waals surface area contributed by atoms with E-state index in [1.807, 2.05) is 19.3 Å². The van der Waals surface area contributed by atoms with Crippen LogP contribution in [-0.2, 0) is 11.2 Å². The van der Waals surface area contributed by atoms with E-state index in [2.05, 4.69) is 16.9 Å². The summed E-state index contributed by atoms with van der Waals surface area (Å²) < 4.78 is 50.4. The monoisotopic (exact) mass is 696 g/mol. The standard InChI is InChI=1S/C41H55F3N2O4/c1-3-5-7-9-10-11-12-13-14-15-16-17-18-20-32-30-45-38(46-31-32)33-22-24-34(25-23-33)39(47)49-36-28-26-35(27-29-36)40(48)50-37(41(42,43)44)21-19-8-6-4-2/h22-31,37H,3-21H2,1-2H3/t37-/m0/s1. The van der Waals surface area contributed by atoms with Crippen LogP contribution in [0.4, 0.5) is 13.2 Å². The lowest BCUT2D eigenvalue weighted by Gasteiger charge is -2.20. The lowest BCUT2D eigenvalue weighted by Crippen LogP contribution is -2.33. The molecule has 274 valence electrons. The van der Waals surface area contributed by atoms with Gasteiger partial charge < -0.3 is 9.47 Å². The van der Waals surface area contributed by atoms with E-state index >= 15 is 0 Å². The summed E-state index contributed by atoms with van der Waals surface area (Å²) in [7, 11) is 0. The Kier molecular flexibility index (Phi) is 18.6. The van der Waals surface area contributed by atoms with Crippen LogP contribution in [0, 0.1) is 0 Å². The molecule has 0 radical (unpaired) electrons. The van der Waals surface area contributed by atoms with Gasteiger partial charge in [0.1, 0.15) is 5.75 Å². The molecule has 1 heterocycles. The molecule has 0 saturated carbocycles. The lowest BCUT2D eigenvalue weighted by atomic mass is 10.0. The van der Waals surface area contributed by atoms with Crippen molar-refractivity contribution in [3.8, 4) is 17.1 Å². The van der Waals surface area contributed by atoms with Gasteiger partial charge in [0.25, 0.3) is 0 Å². The van der Waals surface area contributed by atoms with Crippen LogP contribution in [0.3, 0.4) is 0 Å². The third kappa shape index (κ3) is 15.4. The SMILES string of the molecule is CCCCCCCCCCCCCCCc1cnc(-c2ccc(C(=O)Oc3ccc(C(=O)O[C@@H](CCCCCC)C(F)(F)F)cc3)cc2)nc1. The molecule has 2 aromatic carbocycles. The van der Waals surface area contributed by atoms with Crippen LogP contribution in [-0.4, -0.2) is 34.2 Å². The maximum Gasteiger partial charge on any atom is 0.425 e. The summed E-state index contributed by atoms with van der Waals surface area (Å²) >= 11 is 0. The zero-order chi connectivity index (χ0) is 36.0. The first-order valence-corrected chi connectivity index (χ1v) is 18.7. The first kappa shape index (κ1) is 40.7. The zero-order valence-electron chi connectivity index (χ0n) is 29.9. The van der Waals surface area contributed by atoms with Crippen LogP contribution in [0.5, 0.6) is 5.75 Å². The average Bonchev–Trinajstić information content (AvgIpc) is 3.11. The molecule has 9 heteroatoms. The van der Waals surface area contributed by atoms with Gasteiger partial charge in [0, 0.05) is 18.0 Å². The van der Waals surface area contributed by atoms with Crippen molar-refractivity contribution in [1.29, 1.82) is 0 Å². The van der Waals surface area contributed by atoms with Crippen molar-refractivity contribution in [3.63, 3.8) is 0 Å². The van der Waals surface area contributed by atoms with Gasteiger partial charge in [-0.2, -0.15) is 13.2 Å². The van der Waals surface area contributed by atoms with Gasteiger partial charge in [-0.1, -0.05) is 122 Å². The average molecular weight is 697 g/mol. The summed E-state index contributed by atoms with van der Waals surface area (Å²) in [4.78, 5) is 34.2. The highest BCUT2D eigenvalue weighted by Gasteiger charge is 2.42. The van der Waals surface area contributed by atoms with E-state index < -0.39 is 24.2 Å². The molecule has 0 fully saturated rings. The number of hydrogen-bond donors (Lipinski definition) is 0. The summed E-state index contributed by atoms with van der Waals surface area (Å²) in [5, 5.41) is 0. The van der Waals surface area contributed by atoms with Gasteiger partial charge in [-0.15, -0.1) is 0 Å². The van der Waals surface area contributed by atoms with E-state index in [1.54, 1.807) is 24.3 Å². The second kappa shape index (κ2) is 22.9. The number of carbonyl (C=O) groups excluding carboxylic acids is 2. The third-order valence-electron chi connectivity index (χ3n) is 8.89. The molecule has 0 aliphatic carbocycles. The van der Waals surface area contributed by atoms with Crippen molar-refractivity contribution >= 4 is 11.9 Å². The van der Waals surface area contributed by atoms with Gasteiger partial charge in [0.15, 0.2) is 11.9 Å². The minimum absolute atomic E-state index is 0.0627. The summed E-state index contributed by atoms with van der Waals surface area (Å²) in [6, 6.07) is 12.0. The second-order valence-electron chi connectivity index (χ2n) is 13.2. The Balaban J connectivity index is 1.37. The highest BCUT2D eigenvalue weighted by atomic mass is 19.4. The van der Waals surface area contributed by atoms with Crippen LogP contribution in [0.1, 0.15) is 156 Å². The Morgan fingerprint density at radius 1 is 0.620 bits per heavy atom. The Morgan fingerprint density at radius 2 is 1.08 bits per heavy atom. The minimum Gasteiger partial charge on any atom is -0.449 e. The number of nitrogens with zero attached hydrogens (tertiary/aromatic N) is 2. The van der Waals surface area contributed by atoms with Crippen molar-refractivity contribution in [2.75, 3.05) is 0 Å². The van der Waals surface area contributed by atoms with E-state index in [0.717, 1.165) is 36.8 Å². The lowest BCUT2D eigenvalue weighted by molar-refractivity contribution is -0.206. The molecule has 1 aromatic heterocycles. The number of halogens is 3. The van der Waals surface area contributed by atoms with Crippen molar-refractivity contribution in [3.05, 3.63) is 77.6 Å². The highest BCUT2D eigenvalue weighted by Crippen LogP contribution is 2.28. The molecule has 3 rings (SSSR count). The van der Waals surface area contributed by atoms with Crippen molar-refractivity contribution < 1.29 is 32.2 Å². The Hall–Kier alpha value is -3.75. The van der Waals surface area contributed by atoms with Crippen LogP contribution in [0.15, 0.2) is 60.9 Å². The minimum atomic E-state index is -4.64. The number of esters is 2. The van der Waals surface area contributed by atoms with Crippen molar-refractivity contribution in [2.45, 2.75) is 148 Å². The number of aryl methyl sites for hydroxylation is 1. The molecule has 0 bridgehead atoms. The molecule has 6 nitrogen and oxygen atoms in total. The van der Waals surface area contributed by atoms with E-state index in [4.69, 9.17) is 9.47 Å². The Morgan fingerprint density at radius 3 is 1.60 bits per heavy atom. The summed E-state index contributed by atoms with van der Waals surface area (Å²) in [5.74, 6) is -0.989. The van der Waals surface area contributed by atoms with E-state index in [9.17, 15) is 22.8 Å². The van der Waals surface area contributed by atoms with E-state index in [-0.39, 0.29) is 17.7 Å². The van der Waals surface area contributed by atoms with Crippen LogP contribution < -0.4 is 4.74 Å². The van der Waals surface area contributed by atoms with E-state index in [1.165, 1.54) is 101 Å². The summed E-state index contributed by atoms with van der Waals surface area (Å²) in [6.45, 7) is 4.23. The molecule has 0 N–H and O–H groups in total. The van der Waals surface area contributed by atoms with Gasteiger partial charge in [-0.25, -0.2) is 19.6 Å². The number of hydrogen-bond acceptors (Lipinski definition) is 6. The molecule has 0 unspecified atom stereocenters. The fourth-order valence-corrected chi connectivity index (χ4v) is 5.80. The summed E-state index contributed by atoms with van der Waals surface area (Å²) in [6.07, 6.45) is 17.5. The number of ether oxygens (including phenoxy) is 2. The molecular formula is C41H55F3N2O4. The Labute approximate surface area is 296 Å². The fraction of sp³-hybridized carbons (Fsp3) is 0.561. The molecular weight excluding hydrogens is 641 g/mol. The molecule has 3 aromatic rings. The largest absolute Gasteiger partial charge is 0.449 e. The predicted octanol–water partition coefficient (Wildman–Crippen LogP) is 12.1. The van der Waals surface area contributed by atoms with Gasteiger partial charge in [-0.05, 0) is 67.6 Å². The highest BCUT2D eigenvalue weighted by molar-refractivity contribution is 5.92. The number of benzene rings is 2. The van der Waals surface area contributed by atoms with Crippen molar-refractivity contribution in [2.24, 2.45) is 0 Å². The Bertz CT molecular complexity index is 1380. The molecule has 1 atom stereocenters. The normalized spacial score (nSPS) is 12.1. The fourth-order valence-electron chi connectivity index (χ4n) is 5.80. The number of unbranched alkanes of at least 4 members (excludes halogenated alkanes) is 15. The number of aromatic nitrogens is 2. The predicted molar refractivity (Wildman–Crippen MR) is 192 cm³/mol. The second-order valence-corrected chi connectivity index (χ2v) is 13.2. The number of carbonyl (C=O) groups is 2. The molecule has 0 amide bonds. The third-order valence-corrected chi connectivity index (χ3v) is 8.89.